The fraction of sp³-hybridized carbons (Fsp3) is 0.417. The Morgan fingerprint density at radius 1 is 1.27 bits per heavy atom. The number of nitrogens with zero attached hydrogens (tertiary/aromatic N) is 1. The molecule has 0 aliphatic carbocycles. The minimum atomic E-state index is -0.142. The number of unbranched alkanes of at least 4 members (excludes halogenated alkanes) is 1. The molecule has 1 N–H and O–H groups in total. The fourth-order valence-corrected chi connectivity index (χ4v) is 1.34. The highest BCUT2D eigenvalue weighted by molar-refractivity contribution is 5.17. The summed E-state index contributed by atoms with van der Waals surface area (Å²) in [5, 5.41) is 11.5. The number of nitrogens with one attached hydrogen (secondary N) is 1. The van der Waals surface area contributed by atoms with E-state index in [1.54, 1.807) is 12.1 Å². The quantitative estimate of drug-likeness (QED) is 0.725. The van der Waals surface area contributed by atoms with Crippen LogP contribution >= 0.6 is 0 Å². The van der Waals surface area contributed by atoms with Gasteiger partial charge in [0.2, 0.25) is 0 Å². The van der Waals surface area contributed by atoms with Crippen molar-refractivity contribution < 1.29 is 4.39 Å². The second kappa shape index (κ2) is 6.97. The van der Waals surface area contributed by atoms with Crippen LogP contribution in [-0.2, 0) is 6.42 Å². The zero-order valence-electron chi connectivity index (χ0n) is 8.67. The molecule has 0 aromatic heterocycles. The lowest BCUT2D eigenvalue weighted by Crippen LogP contribution is -2.18. The van der Waals surface area contributed by atoms with Crippen LogP contribution in [0.2, 0.25) is 0 Å². The van der Waals surface area contributed by atoms with E-state index in [4.69, 9.17) is 5.26 Å². The summed E-state index contributed by atoms with van der Waals surface area (Å²) in [6.45, 7) is 1.58. The van der Waals surface area contributed by atoms with E-state index in [-0.39, 0.29) is 5.82 Å². The van der Waals surface area contributed by atoms with Gasteiger partial charge in [-0.05, 0) is 37.6 Å². The molecule has 1 rings (SSSR count). The first-order chi connectivity index (χ1) is 7.34. The monoisotopic (exact) mass is 206 g/mol. The molecule has 0 saturated carbocycles. The molecule has 0 aliphatic rings. The van der Waals surface area contributed by atoms with Crippen molar-refractivity contribution >= 4 is 0 Å². The van der Waals surface area contributed by atoms with Gasteiger partial charge in [0.25, 0.3) is 0 Å². The highest BCUT2D eigenvalue weighted by Crippen LogP contribution is 2.05. The standard InChI is InChI=1S/C12H15FN2/c13-12-6-2-1-5-11(12)7-10-15-9-4-3-8-14/h1-2,5-6,15H,3-4,7,9-10H2. The van der Waals surface area contributed by atoms with Crippen LogP contribution in [0.15, 0.2) is 24.3 Å². The zero-order valence-corrected chi connectivity index (χ0v) is 8.67. The molecule has 0 heterocycles. The summed E-state index contributed by atoms with van der Waals surface area (Å²) in [7, 11) is 0. The third kappa shape index (κ3) is 4.57. The van der Waals surface area contributed by atoms with Crippen molar-refractivity contribution in [2.24, 2.45) is 0 Å². The van der Waals surface area contributed by atoms with Crippen LogP contribution in [-0.4, -0.2) is 13.1 Å². The summed E-state index contributed by atoms with van der Waals surface area (Å²) in [4.78, 5) is 0. The Hall–Kier alpha value is -1.40. The topological polar surface area (TPSA) is 35.8 Å². The molecule has 0 bridgehead atoms. The largest absolute Gasteiger partial charge is 0.316 e. The van der Waals surface area contributed by atoms with Gasteiger partial charge in [-0.15, -0.1) is 0 Å². The van der Waals surface area contributed by atoms with Crippen molar-refractivity contribution in [1.82, 2.24) is 5.32 Å². The molecule has 0 saturated heterocycles. The van der Waals surface area contributed by atoms with Gasteiger partial charge in [-0.25, -0.2) is 4.39 Å². The summed E-state index contributed by atoms with van der Waals surface area (Å²) >= 11 is 0. The van der Waals surface area contributed by atoms with Gasteiger partial charge in [0.1, 0.15) is 5.82 Å². The van der Waals surface area contributed by atoms with Crippen LogP contribution in [0.1, 0.15) is 18.4 Å². The molecule has 0 aliphatic heterocycles. The maximum absolute atomic E-state index is 13.1. The van der Waals surface area contributed by atoms with Gasteiger partial charge in [-0.1, -0.05) is 18.2 Å². The van der Waals surface area contributed by atoms with Gasteiger partial charge >= 0.3 is 0 Å². The van der Waals surface area contributed by atoms with Crippen molar-refractivity contribution in [3.63, 3.8) is 0 Å². The number of rotatable bonds is 6. The van der Waals surface area contributed by atoms with Crippen LogP contribution in [0.3, 0.4) is 0 Å². The van der Waals surface area contributed by atoms with E-state index >= 15 is 0 Å². The van der Waals surface area contributed by atoms with Crippen LogP contribution in [0.25, 0.3) is 0 Å². The predicted octanol–water partition coefficient (Wildman–Crippen LogP) is 2.26. The van der Waals surface area contributed by atoms with E-state index in [0.717, 1.165) is 25.1 Å². The average molecular weight is 206 g/mol. The Morgan fingerprint density at radius 3 is 2.80 bits per heavy atom. The Balaban J connectivity index is 2.16. The number of hydrogen-bond donors (Lipinski definition) is 1. The molecule has 0 fully saturated rings. The van der Waals surface area contributed by atoms with Gasteiger partial charge in [-0.2, -0.15) is 5.26 Å². The summed E-state index contributed by atoms with van der Waals surface area (Å²) in [6, 6.07) is 8.90. The van der Waals surface area contributed by atoms with Crippen molar-refractivity contribution in [3.05, 3.63) is 35.6 Å². The summed E-state index contributed by atoms with van der Waals surface area (Å²) in [5.74, 6) is -0.142. The molecular formula is C12H15FN2. The number of halogens is 1. The van der Waals surface area contributed by atoms with E-state index in [9.17, 15) is 4.39 Å². The number of nitriles is 1. The predicted molar refractivity (Wildman–Crippen MR) is 57.8 cm³/mol. The second-order valence-electron chi connectivity index (χ2n) is 3.35. The minimum absolute atomic E-state index is 0.142. The Labute approximate surface area is 89.7 Å². The lowest BCUT2D eigenvalue weighted by atomic mass is 10.1. The van der Waals surface area contributed by atoms with Crippen molar-refractivity contribution in [2.75, 3.05) is 13.1 Å². The normalized spacial score (nSPS) is 9.87. The number of benzene rings is 1. The van der Waals surface area contributed by atoms with Crippen LogP contribution < -0.4 is 5.32 Å². The van der Waals surface area contributed by atoms with E-state index < -0.39 is 0 Å². The average Bonchev–Trinajstić information content (AvgIpc) is 2.25. The summed E-state index contributed by atoms with van der Waals surface area (Å²) in [5.41, 5.74) is 0.741. The van der Waals surface area contributed by atoms with Gasteiger partial charge < -0.3 is 5.32 Å². The van der Waals surface area contributed by atoms with Crippen LogP contribution in [0.5, 0.6) is 0 Å². The summed E-state index contributed by atoms with van der Waals surface area (Å²) < 4.78 is 13.1. The molecule has 0 unspecified atom stereocenters. The smallest absolute Gasteiger partial charge is 0.126 e. The highest BCUT2D eigenvalue weighted by Gasteiger charge is 1.98. The number of hydrogen-bond acceptors (Lipinski definition) is 2. The first kappa shape index (κ1) is 11.7. The van der Waals surface area contributed by atoms with E-state index in [1.165, 1.54) is 6.07 Å². The molecule has 0 atom stereocenters. The van der Waals surface area contributed by atoms with Crippen molar-refractivity contribution in [1.29, 1.82) is 5.26 Å². The molecule has 0 spiro atoms. The first-order valence-corrected chi connectivity index (χ1v) is 5.15. The molecule has 1 aromatic rings. The lowest BCUT2D eigenvalue weighted by molar-refractivity contribution is 0.594. The Kier molecular flexibility index (Phi) is 5.42. The maximum atomic E-state index is 13.1. The van der Waals surface area contributed by atoms with E-state index in [0.29, 0.717) is 12.8 Å². The molecular weight excluding hydrogens is 191 g/mol. The molecule has 2 nitrogen and oxygen atoms in total. The first-order valence-electron chi connectivity index (χ1n) is 5.15. The lowest BCUT2D eigenvalue weighted by Gasteiger charge is -2.04. The molecule has 0 amide bonds. The SMILES string of the molecule is N#CCCCNCCc1ccccc1F. The van der Waals surface area contributed by atoms with Gasteiger partial charge in [-0.3, -0.25) is 0 Å². The fourth-order valence-electron chi connectivity index (χ4n) is 1.34. The molecule has 80 valence electrons. The third-order valence-corrected chi connectivity index (χ3v) is 2.17. The van der Waals surface area contributed by atoms with Crippen LogP contribution in [0, 0.1) is 17.1 Å². The highest BCUT2D eigenvalue weighted by atomic mass is 19.1. The third-order valence-electron chi connectivity index (χ3n) is 2.17. The molecule has 1 aromatic carbocycles. The second-order valence-corrected chi connectivity index (χ2v) is 3.35. The maximum Gasteiger partial charge on any atom is 0.126 e. The van der Waals surface area contributed by atoms with Crippen LogP contribution in [0.4, 0.5) is 4.39 Å². The van der Waals surface area contributed by atoms with Gasteiger partial charge in [0.05, 0.1) is 6.07 Å². The van der Waals surface area contributed by atoms with Gasteiger partial charge in [0.15, 0.2) is 0 Å². The molecule has 3 heteroatoms. The molecule has 15 heavy (non-hydrogen) atoms. The Morgan fingerprint density at radius 2 is 2.07 bits per heavy atom. The molecule has 0 radical (unpaired) electrons. The summed E-state index contributed by atoms with van der Waals surface area (Å²) in [6.07, 6.45) is 2.12. The van der Waals surface area contributed by atoms with Crippen molar-refractivity contribution in [3.8, 4) is 6.07 Å². The zero-order chi connectivity index (χ0) is 10.9. The van der Waals surface area contributed by atoms with Gasteiger partial charge in [0, 0.05) is 6.42 Å². The van der Waals surface area contributed by atoms with Crippen molar-refractivity contribution in [2.45, 2.75) is 19.3 Å². The van der Waals surface area contributed by atoms with E-state index in [2.05, 4.69) is 11.4 Å². The Bertz CT molecular complexity index is 331. The van der Waals surface area contributed by atoms with E-state index in [1.807, 2.05) is 6.07 Å². The minimum Gasteiger partial charge on any atom is -0.316 e.